The van der Waals surface area contributed by atoms with Crippen molar-refractivity contribution in [2.75, 3.05) is 30.3 Å². The number of pyridine rings is 1. The lowest BCUT2D eigenvalue weighted by atomic mass is 10.0. The minimum absolute atomic E-state index is 0.0439. The zero-order valence-electron chi connectivity index (χ0n) is 14.8. The van der Waals surface area contributed by atoms with Crippen molar-refractivity contribution in [3.8, 4) is 0 Å². The summed E-state index contributed by atoms with van der Waals surface area (Å²) in [6.45, 7) is 2.76. The van der Waals surface area contributed by atoms with Gasteiger partial charge in [0, 0.05) is 37.1 Å². The van der Waals surface area contributed by atoms with E-state index in [1.807, 2.05) is 47.4 Å². The summed E-state index contributed by atoms with van der Waals surface area (Å²) in [5.41, 5.74) is 8.00. The highest BCUT2D eigenvalue weighted by atomic mass is 16.5. The van der Waals surface area contributed by atoms with E-state index < -0.39 is 0 Å². The fourth-order valence-electron chi connectivity index (χ4n) is 3.94. The van der Waals surface area contributed by atoms with Crippen molar-refractivity contribution in [2.45, 2.75) is 31.5 Å². The molecule has 2 fully saturated rings. The fourth-order valence-corrected chi connectivity index (χ4v) is 3.94. The maximum Gasteiger partial charge on any atom is 0.253 e. The van der Waals surface area contributed by atoms with E-state index in [1.54, 1.807) is 6.20 Å². The van der Waals surface area contributed by atoms with Crippen LogP contribution in [0.4, 0.5) is 11.5 Å². The highest BCUT2D eigenvalue weighted by Gasteiger charge is 2.39. The van der Waals surface area contributed by atoms with Gasteiger partial charge in [-0.3, -0.25) is 9.69 Å². The van der Waals surface area contributed by atoms with Crippen LogP contribution in [0.5, 0.6) is 0 Å². The van der Waals surface area contributed by atoms with Crippen molar-refractivity contribution in [3.05, 3.63) is 54.2 Å². The Balaban J connectivity index is 1.51. The largest absolute Gasteiger partial charge is 0.383 e. The maximum atomic E-state index is 12.5. The Morgan fingerprint density at radius 3 is 2.73 bits per heavy atom. The SMILES string of the molecule is Nc1ncccc1CN1CC[C@@H]2OCC(=O)N(c3ccccc3)[C@H]2CC1. The number of anilines is 2. The molecule has 0 radical (unpaired) electrons. The summed E-state index contributed by atoms with van der Waals surface area (Å²) in [7, 11) is 0. The van der Waals surface area contributed by atoms with Gasteiger partial charge >= 0.3 is 0 Å². The predicted molar refractivity (Wildman–Crippen MR) is 101 cm³/mol. The van der Waals surface area contributed by atoms with Crippen molar-refractivity contribution < 1.29 is 9.53 Å². The van der Waals surface area contributed by atoms with E-state index in [-0.39, 0.29) is 24.7 Å². The molecule has 2 saturated heterocycles. The van der Waals surface area contributed by atoms with Crippen molar-refractivity contribution in [3.63, 3.8) is 0 Å². The van der Waals surface area contributed by atoms with Gasteiger partial charge in [0.25, 0.3) is 5.91 Å². The highest BCUT2D eigenvalue weighted by Crippen LogP contribution is 2.29. The van der Waals surface area contributed by atoms with Crippen LogP contribution >= 0.6 is 0 Å². The van der Waals surface area contributed by atoms with Gasteiger partial charge in [0.05, 0.1) is 12.1 Å². The maximum absolute atomic E-state index is 12.5. The summed E-state index contributed by atoms with van der Waals surface area (Å²) in [6, 6.07) is 13.9. The van der Waals surface area contributed by atoms with Crippen LogP contribution in [0.2, 0.25) is 0 Å². The van der Waals surface area contributed by atoms with Crippen LogP contribution in [0.1, 0.15) is 18.4 Å². The molecule has 2 aromatic rings. The number of nitrogens with two attached hydrogens (primary N) is 1. The molecule has 2 aliphatic rings. The predicted octanol–water partition coefficient (Wildman–Crippen LogP) is 2.06. The first-order valence-corrected chi connectivity index (χ1v) is 9.13. The molecule has 1 aromatic carbocycles. The van der Waals surface area contributed by atoms with E-state index in [2.05, 4.69) is 9.88 Å². The second-order valence-electron chi connectivity index (χ2n) is 6.92. The number of fused-ring (bicyclic) bond motifs is 1. The van der Waals surface area contributed by atoms with Crippen LogP contribution < -0.4 is 10.6 Å². The fraction of sp³-hybridized carbons (Fsp3) is 0.400. The number of likely N-dealkylation sites (tertiary alicyclic amines) is 1. The average molecular weight is 352 g/mol. The summed E-state index contributed by atoms with van der Waals surface area (Å²) in [5, 5.41) is 0. The lowest BCUT2D eigenvalue weighted by molar-refractivity contribution is -0.132. The number of para-hydroxylation sites is 1. The summed E-state index contributed by atoms with van der Waals surface area (Å²) in [4.78, 5) is 21.0. The number of benzene rings is 1. The van der Waals surface area contributed by atoms with Crippen LogP contribution in [0.15, 0.2) is 48.7 Å². The number of amides is 1. The molecule has 1 amide bonds. The number of carbonyl (C=O) groups is 1. The first kappa shape index (κ1) is 17.0. The summed E-state index contributed by atoms with van der Waals surface area (Å²) in [6.07, 6.45) is 3.57. The summed E-state index contributed by atoms with van der Waals surface area (Å²) >= 11 is 0. The lowest BCUT2D eigenvalue weighted by Crippen LogP contribution is -2.54. The van der Waals surface area contributed by atoms with E-state index in [9.17, 15) is 4.79 Å². The van der Waals surface area contributed by atoms with Crippen molar-refractivity contribution in [2.24, 2.45) is 0 Å². The van der Waals surface area contributed by atoms with Gasteiger partial charge in [-0.25, -0.2) is 4.98 Å². The number of aromatic nitrogens is 1. The first-order chi connectivity index (χ1) is 12.7. The molecular weight excluding hydrogens is 328 g/mol. The Labute approximate surface area is 153 Å². The lowest BCUT2D eigenvalue weighted by Gasteiger charge is -2.40. The van der Waals surface area contributed by atoms with Gasteiger partial charge < -0.3 is 15.4 Å². The van der Waals surface area contributed by atoms with Crippen LogP contribution in [-0.2, 0) is 16.1 Å². The Morgan fingerprint density at radius 2 is 1.92 bits per heavy atom. The number of carbonyl (C=O) groups excluding carboxylic acids is 1. The molecule has 3 heterocycles. The number of nitrogen functional groups attached to an aromatic ring is 1. The smallest absolute Gasteiger partial charge is 0.253 e. The third kappa shape index (κ3) is 3.43. The standard InChI is InChI=1S/C20H24N4O2/c21-20-15(5-4-10-22-20)13-23-11-8-17-18(9-12-23)26-14-19(25)24(17)16-6-2-1-3-7-16/h1-7,10,17-18H,8-9,11-14H2,(H2,21,22)/t17-,18-/m0/s1. The summed E-state index contributed by atoms with van der Waals surface area (Å²) in [5.74, 6) is 0.633. The Kier molecular flexibility index (Phi) is 4.86. The van der Waals surface area contributed by atoms with Gasteiger partial charge in [-0.05, 0) is 31.0 Å². The van der Waals surface area contributed by atoms with E-state index in [1.165, 1.54) is 0 Å². The van der Waals surface area contributed by atoms with Gasteiger partial charge in [-0.15, -0.1) is 0 Å². The van der Waals surface area contributed by atoms with E-state index in [0.717, 1.165) is 43.7 Å². The van der Waals surface area contributed by atoms with Crippen LogP contribution in [0.25, 0.3) is 0 Å². The molecule has 2 aliphatic heterocycles. The third-order valence-electron chi connectivity index (χ3n) is 5.28. The first-order valence-electron chi connectivity index (χ1n) is 9.13. The minimum Gasteiger partial charge on any atom is -0.383 e. The van der Waals surface area contributed by atoms with Gasteiger partial charge in [0.2, 0.25) is 0 Å². The van der Waals surface area contributed by atoms with Crippen molar-refractivity contribution in [1.82, 2.24) is 9.88 Å². The normalized spacial score (nSPS) is 24.2. The number of morpholine rings is 1. The highest BCUT2D eigenvalue weighted by molar-refractivity contribution is 5.95. The van der Waals surface area contributed by atoms with Crippen LogP contribution in [0.3, 0.4) is 0 Å². The van der Waals surface area contributed by atoms with E-state index in [0.29, 0.717) is 5.82 Å². The van der Waals surface area contributed by atoms with Gasteiger partial charge in [0.15, 0.2) is 0 Å². The molecule has 6 nitrogen and oxygen atoms in total. The molecule has 0 unspecified atom stereocenters. The van der Waals surface area contributed by atoms with Crippen LogP contribution in [0, 0.1) is 0 Å². The average Bonchev–Trinajstić information content (AvgIpc) is 2.87. The molecular formula is C20H24N4O2. The number of rotatable bonds is 3. The molecule has 2 N–H and O–H groups in total. The molecule has 0 spiro atoms. The van der Waals surface area contributed by atoms with Crippen molar-refractivity contribution in [1.29, 1.82) is 0 Å². The monoisotopic (exact) mass is 352 g/mol. The number of nitrogens with zero attached hydrogens (tertiary/aromatic N) is 3. The van der Waals surface area contributed by atoms with E-state index >= 15 is 0 Å². The topological polar surface area (TPSA) is 71.7 Å². The Hall–Kier alpha value is -2.44. The Morgan fingerprint density at radius 1 is 1.12 bits per heavy atom. The number of hydrogen-bond donors (Lipinski definition) is 1. The zero-order chi connectivity index (χ0) is 17.9. The number of hydrogen-bond acceptors (Lipinski definition) is 5. The van der Waals surface area contributed by atoms with Gasteiger partial charge in [-0.2, -0.15) is 0 Å². The Bertz CT molecular complexity index is 767. The molecule has 26 heavy (non-hydrogen) atoms. The second-order valence-corrected chi connectivity index (χ2v) is 6.92. The van der Waals surface area contributed by atoms with Gasteiger partial charge in [0.1, 0.15) is 12.4 Å². The third-order valence-corrected chi connectivity index (χ3v) is 5.28. The molecule has 0 aliphatic carbocycles. The van der Waals surface area contributed by atoms with E-state index in [4.69, 9.17) is 10.5 Å². The number of ether oxygens (including phenoxy) is 1. The summed E-state index contributed by atoms with van der Waals surface area (Å²) < 4.78 is 5.89. The van der Waals surface area contributed by atoms with Crippen molar-refractivity contribution >= 4 is 17.4 Å². The molecule has 0 bridgehead atoms. The molecule has 136 valence electrons. The molecule has 1 aromatic heterocycles. The molecule has 0 saturated carbocycles. The molecule has 2 atom stereocenters. The van der Waals surface area contributed by atoms with Crippen LogP contribution in [-0.4, -0.2) is 47.6 Å². The van der Waals surface area contributed by atoms with Gasteiger partial charge in [-0.1, -0.05) is 24.3 Å². The minimum atomic E-state index is 0.0439. The second kappa shape index (κ2) is 7.43. The zero-order valence-corrected chi connectivity index (χ0v) is 14.8. The quantitative estimate of drug-likeness (QED) is 0.915. The molecule has 4 rings (SSSR count). The molecule has 6 heteroatoms.